The van der Waals surface area contributed by atoms with E-state index >= 15 is 0 Å². The molecule has 4 rings (SSSR count). The quantitative estimate of drug-likeness (QED) is 0.662. The number of rotatable bonds is 5. The number of nitrogens with one attached hydrogen (secondary N) is 1. The van der Waals surface area contributed by atoms with E-state index in [-0.39, 0.29) is 17.5 Å². The Morgan fingerprint density at radius 2 is 1.87 bits per heavy atom. The molecule has 0 aliphatic carbocycles. The third-order valence-corrected chi connectivity index (χ3v) is 5.34. The molecule has 0 radical (unpaired) electrons. The number of benzene rings is 2. The number of ether oxygens (including phenoxy) is 1. The highest BCUT2D eigenvalue weighted by atomic mass is 19.2. The lowest BCUT2D eigenvalue weighted by Gasteiger charge is -2.32. The Kier molecular flexibility index (Phi) is 6.06. The Hall–Kier alpha value is -3.55. The van der Waals surface area contributed by atoms with Crippen molar-refractivity contribution in [1.82, 2.24) is 10.2 Å². The number of amides is 1. The van der Waals surface area contributed by atoms with Gasteiger partial charge in [0.25, 0.3) is 0 Å². The molecule has 1 aliphatic rings. The van der Waals surface area contributed by atoms with Crippen molar-refractivity contribution < 1.29 is 18.3 Å². The predicted molar refractivity (Wildman–Crippen MR) is 114 cm³/mol. The average molecular weight is 424 g/mol. The molecule has 3 aromatic rings. The summed E-state index contributed by atoms with van der Waals surface area (Å²) in [4.78, 5) is 14.6. The first-order valence-corrected chi connectivity index (χ1v) is 10.0. The number of hydrogen-bond acceptors (Lipinski definition) is 5. The summed E-state index contributed by atoms with van der Waals surface area (Å²) in [6.45, 7) is 1.25. The van der Waals surface area contributed by atoms with Crippen LogP contribution < -0.4 is 15.0 Å². The Bertz CT molecular complexity index is 1060. The minimum atomic E-state index is -0.990. The van der Waals surface area contributed by atoms with Gasteiger partial charge in [0.15, 0.2) is 17.5 Å². The first kappa shape index (κ1) is 20.7. The minimum absolute atomic E-state index is 0.224. The molecule has 1 aliphatic heterocycles. The highest BCUT2D eigenvalue weighted by Crippen LogP contribution is 2.25. The fraction of sp³-hybridized carbons (Fsp3) is 0.261. The fourth-order valence-electron chi connectivity index (χ4n) is 3.63. The molecular formula is C23H22F2N4O2. The lowest BCUT2D eigenvalue weighted by molar-refractivity contribution is -0.120. The highest BCUT2D eigenvalue weighted by molar-refractivity contribution is 5.93. The number of methoxy groups -OCH3 is 1. The van der Waals surface area contributed by atoms with Crippen molar-refractivity contribution in [2.24, 2.45) is 5.92 Å². The van der Waals surface area contributed by atoms with Gasteiger partial charge in [-0.2, -0.15) is 0 Å². The maximum absolute atomic E-state index is 13.4. The maximum atomic E-state index is 13.4. The lowest BCUT2D eigenvalue weighted by atomic mass is 9.97. The first-order valence-electron chi connectivity index (χ1n) is 10.0. The number of nitrogens with zero attached hydrogens (tertiary/aromatic N) is 3. The SMILES string of the molecule is COc1ccc(-c2ccc(N3CCCC(C(=O)Nc4ccc(F)c(F)c4)C3)nn2)cc1. The topological polar surface area (TPSA) is 67.3 Å². The van der Waals surface area contributed by atoms with Crippen LogP contribution in [0.2, 0.25) is 0 Å². The standard InChI is InChI=1S/C23H22F2N4O2/c1-31-18-7-4-15(5-8-18)21-10-11-22(28-27-21)29-12-2-3-16(14-29)23(30)26-17-6-9-19(24)20(25)13-17/h4-11,13,16H,2-3,12,14H2,1H3,(H,26,30). The molecule has 1 atom stereocenters. The Morgan fingerprint density at radius 1 is 1.06 bits per heavy atom. The fourth-order valence-corrected chi connectivity index (χ4v) is 3.63. The molecule has 6 nitrogen and oxygen atoms in total. The van der Waals surface area contributed by atoms with Crippen LogP contribution in [0.3, 0.4) is 0 Å². The van der Waals surface area contributed by atoms with E-state index in [1.54, 1.807) is 7.11 Å². The van der Waals surface area contributed by atoms with Gasteiger partial charge in [0.05, 0.1) is 18.7 Å². The Balaban J connectivity index is 1.41. The molecule has 2 aromatic carbocycles. The van der Waals surface area contributed by atoms with Gasteiger partial charge in [0, 0.05) is 30.4 Å². The van der Waals surface area contributed by atoms with Crippen LogP contribution in [0, 0.1) is 17.6 Å². The van der Waals surface area contributed by atoms with Crippen molar-refractivity contribution in [3.63, 3.8) is 0 Å². The molecule has 0 saturated carbocycles. The molecule has 1 aromatic heterocycles. The van der Waals surface area contributed by atoms with E-state index in [4.69, 9.17) is 4.74 Å². The van der Waals surface area contributed by atoms with Crippen molar-refractivity contribution in [1.29, 1.82) is 0 Å². The van der Waals surface area contributed by atoms with Crippen LogP contribution in [0.1, 0.15) is 12.8 Å². The number of anilines is 2. The summed E-state index contributed by atoms with van der Waals surface area (Å²) in [5.41, 5.74) is 1.92. The van der Waals surface area contributed by atoms with E-state index in [0.717, 1.165) is 42.1 Å². The van der Waals surface area contributed by atoms with Gasteiger partial charge >= 0.3 is 0 Å². The van der Waals surface area contributed by atoms with Crippen LogP contribution >= 0.6 is 0 Å². The van der Waals surface area contributed by atoms with Gasteiger partial charge in [-0.05, 0) is 61.4 Å². The predicted octanol–water partition coefficient (Wildman–Crippen LogP) is 4.29. The van der Waals surface area contributed by atoms with Crippen molar-refractivity contribution in [3.05, 3.63) is 66.2 Å². The van der Waals surface area contributed by atoms with Gasteiger partial charge in [0.1, 0.15) is 5.75 Å². The van der Waals surface area contributed by atoms with Crippen LogP contribution in [0.5, 0.6) is 5.75 Å². The Labute approximate surface area is 178 Å². The number of aromatic nitrogens is 2. The van der Waals surface area contributed by atoms with E-state index in [0.29, 0.717) is 18.8 Å². The second-order valence-corrected chi connectivity index (χ2v) is 7.41. The molecule has 1 saturated heterocycles. The molecule has 1 N–H and O–H groups in total. The van der Waals surface area contributed by atoms with E-state index in [9.17, 15) is 13.6 Å². The third kappa shape index (κ3) is 4.79. The maximum Gasteiger partial charge on any atom is 0.229 e. The summed E-state index contributed by atoms with van der Waals surface area (Å²) in [5, 5.41) is 11.3. The molecule has 0 bridgehead atoms. The first-order chi connectivity index (χ1) is 15.0. The largest absolute Gasteiger partial charge is 0.497 e. The smallest absolute Gasteiger partial charge is 0.229 e. The number of halogens is 2. The number of carbonyl (C=O) groups excluding carboxylic acids is 1. The van der Waals surface area contributed by atoms with Gasteiger partial charge in [0.2, 0.25) is 5.91 Å². The number of carbonyl (C=O) groups is 1. The minimum Gasteiger partial charge on any atom is -0.497 e. The van der Waals surface area contributed by atoms with Crippen LogP contribution in [0.4, 0.5) is 20.3 Å². The molecule has 1 fully saturated rings. The third-order valence-electron chi connectivity index (χ3n) is 5.34. The van der Waals surface area contributed by atoms with E-state index < -0.39 is 11.6 Å². The molecule has 1 unspecified atom stereocenters. The van der Waals surface area contributed by atoms with Crippen LogP contribution in [-0.2, 0) is 4.79 Å². The second kappa shape index (κ2) is 9.07. The zero-order valence-electron chi connectivity index (χ0n) is 17.0. The summed E-state index contributed by atoms with van der Waals surface area (Å²) >= 11 is 0. The molecule has 8 heteroatoms. The highest BCUT2D eigenvalue weighted by Gasteiger charge is 2.27. The van der Waals surface area contributed by atoms with Gasteiger partial charge in [-0.25, -0.2) is 8.78 Å². The summed E-state index contributed by atoms with van der Waals surface area (Å²) in [7, 11) is 1.62. The van der Waals surface area contributed by atoms with Crippen molar-refractivity contribution in [3.8, 4) is 17.0 Å². The Morgan fingerprint density at radius 3 is 2.55 bits per heavy atom. The molecule has 1 amide bonds. The normalized spacial score (nSPS) is 16.1. The van der Waals surface area contributed by atoms with E-state index in [1.807, 2.05) is 41.3 Å². The van der Waals surface area contributed by atoms with Crippen LogP contribution in [-0.4, -0.2) is 36.3 Å². The van der Waals surface area contributed by atoms with Crippen LogP contribution in [0.25, 0.3) is 11.3 Å². The number of piperidine rings is 1. The summed E-state index contributed by atoms with van der Waals surface area (Å²) in [6, 6.07) is 14.7. The molecule has 160 valence electrons. The molecule has 31 heavy (non-hydrogen) atoms. The second-order valence-electron chi connectivity index (χ2n) is 7.41. The van der Waals surface area contributed by atoms with Gasteiger partial charge in [-0.1, -0.05) is 0 Å². The summed E-state index contributed by atoms with van der Waals surface area (Å²) < 4.78 is 31.7. The molecule has 2 heterocycles. The van der Waals surface area contributed by atoms with Crippen molar-refractivity contribution >= 4 is 17.4 Å². The number of hydrogen-bond donors (Lipinski definition) is 1. The van der Waals surface area contributed by atoms with E-state index in [1.165, 1.54) is 6.07 Å². The van der Waals surface area contributed by atoms with Gasteiger partial charge in [-0.3, -0.25) is 4.79 Å². The zero-order chi connectivity index (χ0) is 21.8. The summed E-state index contributed by atoms with van der Waals surface area (Å²) in [5.74, 6) is -0.978. The monoisotopic (exact) mass is 424 g/mol. The van der Waals surface area contributed by atoms with E-state index in [2.05, 4.69) is 15.5 Å². The average Bonchev–Trinajstić information content (AvgIpc) is 2.82. The lowest BCUT2D eigenvalue weighted by Crippen LogP contribution is -2.41. The van der Waals surface area contributed by atoms with Gasteiger partial charge < -0.3 is 15.0 Å². The molecule has 0 spiro atoms. The van der Waals surface area contributed by atoms with Crippen molar-refractivity contribution in [2.75, 3.05) is 30.4 Å². The zero-order valence-corrected chi connectivity index (χ0v) is 17.0. The van der Waals surface area contributed by atoms with Crippen LogP contribution in [0.15, 0.2) is 54.6 Å². The summed E-state index contributed by atoms with van der Waals surface area (Å²) in [6.07, 6.45) is 1.53. The molecular weight excluding hydrogens is 402 g/mol. The van der Waals surface area contributed by atoms with Gasteiger partial charge in [-0.15, -0.1) is 10.2 Å². The van der Waals surface area contributed by atoms with Crippen molar-refractivity contribution in [2.45, 2.75) is 12.8 Å².